The van der Waals surface area contributed by atoms with Crippen LogP contribution in [0.3, 0.4) is 0 Å². The molecule has 4 heterocycles. The second-order valence-corrected chi connectivity index (χ2v) is 8.21. The summed E-state index contributed by atoms with van der Waals surface area (Å²) >= 11 is 6.49. The predicted octanol–water partition coefficient (Wildman–Crippen LogP) is 2.99. The Morgan fingerprint density at radius 2 is 2.03 bits per heavy atom. The molecule has 1 aromatic carbocycles. The number of rotatable bonds is 5. The van der Waals surface area contributed by atoms with Crippen LogP contribution in [0.4, 0.5) is 5.82 Å². The van der Waals surface area contributed by atoms with E-state index < -0.39 is 0 Å². The molecule has 2 aromatic heterocycles. The lowest BCUT2D eigenvalue weighted by molar-refractivity contribution is 0.00460. The van der Waals surface area contributed by atoms with Gasteiger partial charge >= 0.3 is 0 Å². The summed E-state index contributed by atoms with van der Waals surface area (Å²) in [6.45, 7) is 7.91. The minimum atomic E-state index is 0.389. The van der Waals surface area contributed by atoms with E-state index in [4.69, 9.17) is 26.1 Å². The van der Waals surface area contributed by atoms with Crippen molar-refractivity contribution < 1.29 is 9.47 Å². The van der Waals surface area contributed by atoms with Gasteiger partial charge in [0.2, 0.25) is 0 Å². The number of nitrogens with one attached hydrogen (secondary N) is 1. The second-order valence-electron chi connectivity index (χ2n) is 7.83. The van der Waals surface area contributed by atoms with Crippen LogP contribution in [0.5, 0.6) is 0 Å². The largest absolute Gasteiger partial charge is 0.381 e. The molecule has 0 bridgehead atoms. The fourth-order valence-corrected chi connectivity index (χ4v) is 4.64. The Labute approximate surface area is 174 Å². The van der Waals surface area contributed by atoms with E-state index in [1.165, 1.54) is 0 Å². The molecule has 0 saturated carbocycles. The van der Waals surface area contributed by atoms with Gasteiger partial charge in [-0.2, -0.15) is 5.10 Å². The first kappa shape index (κ1) is 19.1. The molecule has 0 aliphatic carbocycles. The lowest BCUT2D eigenvalue weighted by atomic mass is 9.97. The summed E-state index contributed by atoms with van der Waals surface area (Å²) in [5.41, 5.74) is 2.48. The van der Waals surface area contributed by atoms with E-state index in [2.05, 4.69) is 27.4 Å². The summed E-state index contributed by atoms with van der Waals surface area (Å²) in [4.78, 5) is 7.38. The third-order valence-corrected chi connectivity index (χ3v) is 6.51. The Morgan fingerprint density at radius 1 is 1.21 bits per heavy atom. The Kier molecular flexibility index (Phi) is 5.30. The number of nitrogens with zero attached hydrogens (tertiary/aromatic N) is 4. The second kappa shape index (κ2) is 8.07. The summed E-state index contributed by atoms with van der Waals surface area (Å²) in [6.07, 6.45) is 1.10. The van der Waals surface area contributed by atoms with Crippen LogP contribution in [-0.4, -0.2) is 71.6 Å². The number of fused-ring (bicyclic) bond motifs is 3. The SMILES string of the molecule is Cc1nn2c(nc(NC[C@H]([C@H]3CCOC3)N3CCOCC3)c3ccccc32)c1Cl. The monoisotopic (exact) mass is 415 g/mol. The number of hydrogen-bond donors (Lipinski definition) is 1. The van der Waals surface area contributed by atoms with Crippen molar-refractivity contribution in [2.24, 2.45) is 5.92 Å². The van der Waals surface area contributed by atoms with Crippen LogP contribution in [0.15, 0.2) is 24.3 Å². The van der Waals surface area contributed by atoms with Crippen molar-refractivity contribution in [3.8, 4) is 0 Å². The molecule has 7 nitrogen and oxygen atoms in total. The van der Waals surface area contributed by atoms with E-state index in [0.717, 1.165) is 74.9 Å². The summed E-state index contributed by atoms with van der Waals surface area (Å²) in [6, 6.07) is 8.58. The fraction of sp³-hybridized carbons (Fsp3) is 0.524. The molecular weight excluding hydrogens is 390 g/mol. The van der Waals surface area contributed by atoms with Gasteiger partial charge in [0.05, 0.1) is 31.0 Å². The quantitative estimate of drug-likeness (QED) is 0.691. The van der Waals surface area contributed by atoms with Crippen molar-refractivity contribution in [2.75, 3.05) is 51.4 Å². The molecule has 0 spiro atoms. The van der Waals surface area contributed by atoms with E-state index in [1.807, 2.05) is 23.6 Å². The molecule has 2 atom stereocenters. The van der Waals surface area contributed by atoms with Crippen LogP contribution in [0.2, 0.25) is 5.02 Å². The molecule has 0 unspecified atom stereocenters. The Morgan fingerprint density at radius 3 is 2.83 bits per heavy atom. The molecule has 1 N–H and O–H groups in total. The smallest absolute Gasteiger partial charge is 0.176 e. The number of para-hydroxylation sites is 1. The number of halogens is 1. The van der Waals surface area contributed by atoms with E-state index >= 15 is 0 Å². The average Bonchev–Trinajstić information content (AvgIpc) is 3.38. The van der Waals surface area contributed by atoms with Gasteiger partial charge in [0.25, 0.3) is 0 Å². The van der Waals surface area contributed by atoms with Crippen LogP contribution in [-0.2, 0) is 9.47 Å². The molecule has 0 radical (unpaired) electrons. The van der Waals surface area contributed by atoms with Crippen LogP contribution >= 0.6 is 11.6 Å². The van der Waals surface area contributed by atoms with Crippen molar-refractivity contribution in [1.82, 2.24) is 19.5 Å². The van der Waals surface area contributed by atoms with Gasteiger partial charge in [-0.15, -0.1) is 0 Å². The van der Waals surface area contributed by atoms with Crippen LogP contribution in [0.1, 0.15) is 12.1 Å². The number of benzene rings is 1. The predicted molar refractivity (Wildman–Crippen MR) is 114 cm³/mol. The van der Waals surface area contributed by atoms with Crippen molar-refractivity contribution >= 4 is 34.0 Å². The van der Waals surface area contributed by atoms with E-state index in [0.29, 0.717) is 22.6 Å². The van der Waals surface area contributed by atoms with Gasteiger partial charge in [0, 0.05) is 43.6 Å². The molecular formula is C21H26ClN5O2. The summed E-state index contributed by atoms with van der Waals surface area (Å²) < 4.78 is 13.1. The minimum absolute atomic E-state index is 0.389. The number of aryl methyl sites for hydroxylation is 1. The number of anilines is 1. The van der Waals surface area contributed by atoms with Crippen molar-refractivity contribution in [1.29, 1.82) is 0 Å². The molecule has 8 heteroatoms. The standard InChI is InChI=1S/C21H26ClN5O2/c1-14-19(22)21-24-20(16-4-2-3-5-17(16)27(21)25-14)23-12-18(15-6-9-29-13-15)26-7-10-28-11-8-26/h2-5,15,18H,6-13H2,1H3,(H,23,24)/t15-,18+/m0/s1. The van der Waals surface area contributed by atoms with Gasteiger partial charge in [-0.1, -0.05) is 23.7 Å². The summed E-state index contributed by atoms with van der Waals surface area (Å²) in [5, 5.41) is 9.86. The van der Waals surface area contributed by atoms with Gasteiger partial charge in [-0.25, -0.2) is 9.50 Å². The summed E-state index contributed by atoms with van der Waals surface area (Å²) in [7, 11) is 0. The van der Waals surface area contributed by atoms with Gasteiger partial charge in [0.1, 0.15) is 10.8 Å². The highest BCUT2D eigenvalue weighted by molar-refractivity contribution is 6.34. The third kappa shape index (κ3) is 3.57. The highest BCUT2D eigenvalue weighted by Gasteiger charge is 2.31. The lowest BCUT2D eigenvalue weighted by Crippen LogP contribution is -2.50. The van der Waals surface area contributed by atoms with Crippen LogP contribution < -0.4 is 5.32 Å². The molecule has 5 rings (SSSR count). The molecule has 29 heavy (non-hydrogen) atoms. The van der Waals surface area contributed by atoms with E-state index in [1.54, 1.807) is 0 Å². The molecule has 3 aromatic rings. The highest BCUT2D eigenvalue weighted by Crippen LogP contribution is 2.29. The van der Waals surface area contributed by atoms with E-state index in [-0.39, 0.29) is 0 Å². The Balaban J connectivity index is 1.48. The molecule has 2 aliphatic heterocycles. The normalized spacial score (nSPS) is 21.8. The van der Waals surface area contributed by atoms with Crippen molar-refractivity contribution in [3.63, 3.8) is 0 Å². The average molecular weight is 416 g/mol. The number of hydrogen-bond acceptors (Lipinski definition) is 6. The molecule has 2 fully saturated rings. The maximum absolute atomic E-state index is 6.49. The van der Waals surface area contributed by atoms with Crippen LogP contribution in [0.25, 0.3) is 16.6 Å². The maximum atomic E-state index is 6.49. The van der Waals surface area contributed by atoms with Crippen LogP contribution in [0, 0.1) is 12.8 Å². The summed E-state index contributed by atoms with van der Waals surface area (Å²) in [5.74, 6) is 1.38. The Hall–Kier alpha value is -1.93. The Bertz CT molecular complexity index is 1010. The first-order valence-corrected chi connectivity index (χ1v) is 10.7. The highest BCUT2D eigenvalue weighted by atomic mass is 35.5. The zero-order valence-corrected chi connectivity index (χ0v) is 17.4. The first-order chi connectivity index (χ1) is 14.2. The van der Waals surface area contributed by atoms with Gasteiger partial charge < -0.3 is 14.8 Å². The third-order valence-electron chi connectivity index (χ3n) is 6.07. The number of aromatic nitrogens is 3. The fourth-order valence-electron chi connectivity index (χ4n) is 4.48. The maximum Gasteiger partial charge on any atom is 0.176 e. The number of ether oxygens (including phenoxy) is 2. The van der Waals surface area contributed by atoms with Gasteiger partial charge in [-0.05, 0) is 25.5 Å². The van der Waals surface area contributed by atoms with Gasteiger partial charge in [-0.3, -0.25) is 4.90 Å². The topological polar surface area (TPSA) is 63.9 Å². The van der Waals surface area contributed by atoms with E-state index in [9.17, 15) is 0 Å². The number of morpholine rings is 1. The van der Waals surface area contributed by atoms with Gasteiger partial charge in [0.15, 0.2) is 5.65 Å². The first-order valence-electron chi connectivity index (χ1n) is 10.3. The molecule has 154 valence electrons. The zero-order valence-electron chi connectivity index (χ0n) is 16.6. The molecule has 2 aliphatic rings. The lowest BCUT2D eigenvalue weighted by Gasteiger charge is -2.37. The van der Waals surface area contributed by atoms with Crippen molar-refractivity contribution in [2.45, 2.75) is 19.4 Å². The zero-order chi connectivity index (χ0) is 19.8. The minimum Gasteiger partial charge on any atom is -0.381 e. The molecule has 2 saturated heterocycles. The van der Waals surface area contributed by atoms with Crippen molar-refractivity contribution in [3.05, 3.63) is 35.0 Å². The molecule has 0 amide bonds.